The zero-order chi connectivity index (χ0) is 8.72. The summed E-state index contributed by atoms with van der Waals surface area (Å²) in [6, 6.07) is 4.33. The van der Waals surface area contributed by atoms with Crippen LogP contribution in [0.3, 0.4) is 0 Å². The third-order valence-corrected chi connectivity index (χ3v) is 3.76. The summed E-state index contributed by atoms with van der Waals surface area (Å²) in [5, 5.41) is 0. The number of hydrogen-bond acceptors (Lipinski definition) is 1. The van der Waals surface area contributed by atoms with Crippen LogP contribution in [0, 0.1) is 0 Å². The van der Waals surface area contributed by atoms with Crippen molar-refractivity contribution in [1.29, 1.82) is 0 Å². The molecule has 0 bridgehead atoms. The molecule has 0 radical (unpaired) electrons. The Morgan fingerprint density at radius 2 is 1.92 bits per heavy atom. The Kier molecular flexibility index (Phi) is 2.27. The van der Waals surface area contributed by atoms with Crippen molar-refractivity contribution in [2.45, 2.75) is 18.9 Å². The van der Waals surface area contributed by atoms with Gasteiger partial charge in [0.15, 0.2) is 0 Å². The monoisotopic (exact) mass is 289 g/mol. The van der Waals surface area contributed by atoms with E-state index in [4.69, 9.17) is 5.73 Å². The normalized spacial score (nSPS) is 21.1. The molecule has 0 aromatic heterocycles. The first-order chi connectivity index (χ1) is 5.70. The summed E-state index contributed by atoms with van der Waals surface area (Å²) in [6.07, 6.45) is 2.16. The van der Waals surface area contributed by atoms with Crippen molar-refractivity contribution in [2.24, 2.45) is 5.73 Å². The SMILES string of the molecule is N[C@H]1CCc2c(Br)ccc(Br)c21. The molecule has 2 rings (SSSR count). The van der Waals surface area contributed by atoms with Crippen LogP contribution in [0.25, 0.3) is 0 Å². The smallest absolute Gasteiger partial charge is 0.0312 e. The molecule has 64 valence electrons. The molecule has 0 aliphatic heterocycles. The minimum atomic E-state index is 0.215. The second-order valence-corrected chi connectivity index (χ2v) is 4.78. The molecule has 0 saturated carbocycles. The van der Waals surface area contributed by atoms with Gasteiger partial charge in [-0.25, -0.2) is 0 Å². The highest BCUT2D eigenvalue weighted by Gasteiger charge is 2.23. The molecule has 1 nitrogen and oxygen atoms in total. The number of halogens is 2. The molecule has 1 aliphatic carbocycles. The lowest BCUT2D eigenvalue weighted by Crippen LogP contribution is -2.05. The van der Waals surface area contributed by atoms with E-state index in [0.717, 1.165) is 17.3 Å². The Morgan fingerprint density at radius 3 is 2.58 bits per heavy atom. The lowest BCUT2D eigenvalue weighted by atomic mass is 10.1. The van der Waals surface area contributed by atoms with Gasteiger partial charge >= 0.3 is 0 Å². The molecule has 0 fully saturated rings. The van der Waals surface area contributed by atoms with Crippen LogP contribution in [0.5, 0.6) is 0 Å². The van der Waals surface area contributed by atoms with Crippen LogP contribution < -0.4 is 5.73 Å². The highest BCUT2D eigenvalue weighted by molar-refractivity contribution is 9.11. The van der Waals surface area contributed by atoms with E-state index < -0.39 is 0 Å². The highest BCUT2D eigenvalue weighted by Crippen LogP contribution is 2.38. The summed E-state index contributed by atoms with van der Waals surface area (Å²) < 4.78 is 2.33. The molecule has 0 amide bonds. The molecule has 0 unspecified atom stereocenters. The van der Waals surface area contributed by atoms with Gasteiger partial charge in [0.1, 0.15) is 0 Å². The van der Waals surface area contributed by atoms with Crippen LogP contribution in [-0.2, 0) is 6.42 Å². The van der Waals surface area contributed by atoms with Gasteiger partial charge in [-0.1, -0.05) is 31.9 Å². The minimum absolute atomic E-state index is 0.215. The van der Waals surface area contributed by atoms with Crippen molar-refractivity contribution in [3.63, 3.8) is 0 Å². The Hall–Kier alpha value is 0.140. The standard InChI is InChI=1S/C9H9Br2N/c10-6-2-3-7(11)9-5(6)1-4-8(9)12/h2-3,8H,1,4,12H2/t8-/m0/s1. The molecule has 2 N–H and O–H groups in total. The zero-order valence-corrected chi connectivity index (χ0v) is 9.65. The largest absolute Gasteiger partial charge is 0.324 e. The van der Waals surface area contributed by atoms with E-state index in [1.165, 1.54) is 15.6 Å². The van der Waals surface area contributed by atoms with Crippen LogP contribution in [-0.4, -0.2) is 0 Å². The topological polar surface area (TPSA) is 26.0 Å². The fourth-order valence-electron chi connectivity index (χ4n) is 1.71. The van der Waals surface area contributed by atoms with Crippen LogP contribution in [0.2, 0.25) is 0 Å². The third-order valence-electron chi connectivity index (χ3n) is 2.32. The van der Waals surface area contributed by atoms with E-state index in [2.05, 4.69) is 37.9 Å². The number of benzene rings is 1. The van der Waals surface area contributed by atoms with Crippen molar-refractivity contribution in [2.75, 3.05) is 0 Å². The maximum atomic E-state index is 5.97. The van der Waals surface area contributed by atoms with Gasteiger partial charge in [0.25, 0.3) is 0 Å². The second-order valence-electron chi connectivity index (χ2n) is 3.07. The van der Waals surface area contributed by atoms with Gasteiger partial charge in [0.05, 0.1) is 0 Å². The quantitative estimate of drug-likeness (QED) is 0.780. The predicted molar refractivity (Wildman–Crippen MR) is 57.1 cm³/mol. The molecular weight excluding hydrogens is 282 g/mol. The minimum Gasteiger partial charge on any atom is -0.324 e. The van der Waals surface area contributed by atoms with Crippen LogP contribution in [0.1, 0.15) is 23.6 Å². The van der Waals surface area contributed by atoms with Gasteiger partial charge in [-0.05, 0) is 36.1 Å². The summed E-state index contributed by atoms with van der Waals surface area (Å²) >= 11 is 7.05. The van der Waals surface area contributed by atoms with Gasteiger partial charge in [-0.3, -0.25) is 0 Å². The molecular formula is C9H9Br2N. The van der Waals surface area contributed by atoms with E-state index in [1.807, 2.05) is 6.07 Å². The maximum absolute atomic E-state index is 5.97. The third kappa shape index (κ3) is 1.24. The first-order valence-corrected chi connectivity index (χ1v) is 5.51. The number of fused-ring (bicyclic) bond motifs is 1. The van der Waals surface area contributed by atoms with Crippen molar-refractivity contribution < 1.29 is 0 Å². The highest BCUT2D eigenvalue weighted by atomic mass is 79.9. The fourth-order valence-corrected chi connectivity index (χ4v) is 2.92. The summed E-state index contributed by atoms with van der Waals surface area (Å²) in [7, 11) is 0. The van der Waals surface area contributed by atoms with Crippen LogP contribution >= 0.6 is 31.9 Å². The number of nitrogens with two attached hydrogens (primary N) is 1. The molecule has 1 aromatic rings. The Labute approximate surface area is 88.6 Å². The van der Waals surface area contributed by atoms with E-state index in [0.29, 0.717) is 0 Å². The lowest BCUT2D eigenvalue weighted by Gasteiger charge is -2.08. The Balaban J connectivity index is 2.64. The van der Waals surface area contributed by atoms with Gasteiger partial charge in [0.2, 0.25) is 0 Å². The average Bonchev–Trinajstić information content (AvgIpc) is 2.42. The van der Waals surface area contributed by atoms with Crippen molar-refractivity contribution in [3.05, 3.63) is 32.2 Å². The first-order valence-electron chi connectivity index (χ1n) is 3.92. The van der Waals surface area contributed by atoms with E-state index in [9.17, 15) is 0 Å². The van der Waals surface area contributed by atoms with E-state index in [-0.39, 0.29) is 6.04 Å². The fraction of sp³-hybridized carbons (Fsp3) is 0.333. The Morgan fingerprint density at radius 1 is 1.25 bits per heavy atom. The molecule has 1 aromatic carbocycles. The number of rotatable bonds is 0. The molecule has 3 heteroatoms. The maximum Gasteiger partial charge on any atom is 0.0312 e. The van der Waals surface area contributed by atoms with Gasteiger partial charge in [-0.15, -0.1) is 0 Å². The molecule has 0 spiro atoms. The molecule has 1 atom stereocenters. The summed E-state index contributed by atoms with van der Waals surface area (Å²) in [6.45, 7) is 0. The summed E-state index contributed by atoms with van der Waals surface area (Å²) in [4.78, 5) is 0. The zero-order valence-electron chi connectivity index (χ0n) is 6.48. The van der Waals surface area contributed by atoms with Crippen molar-refractivity contribution >= 4 is 31.9 Å². The van der Waals surface area contributed by atoms with E-state index in [1.54, 1.807) is 0 Å². The summed E-state index contributed by atoms with van der Waals surface area (Å²) in [5.41, 5.74) is 8.62. The van der Waals surface area contributed by atoms with Crippen LogP contribution in [0.15, 0.2) is 21.1 Å². The molecule has 0 heterocycles. The lowest BCUT2D eigenvalue weighted by molar-refractivity contribution is 0.711. The summed E-state index contributed by atoms with van der Waals surface area (Å²) in [5.74, 6) is 0. The molecule has 12 heavy (non-hydrogen) atoms. The first kappa shape index (κ1) is 8.73. The molecule has 0 saturated heterocycles. The van der Waals surface area contributed by atoms with Crippen molar-refractivity contribution in [3.8, 4) is 0 Å². The Bertz CT molecular complexity index is 323. The van der Waals surface area contributed by atoms with Gasteiger partial charge in [-0.2, -0.15) is 0 Å². The average molecular weight is 291 g/mol. The number of hydrogen-bond donors (Lipinski definition) is 1. The van der Waals surface area contributed by atoms with E-state index >= 15 is 0 Å². The van der Waals surface area contributed by atoms with Crippen LogP contribution in [0.4, 0.5) is 0 Å². The predicted octanol–water partition coefficient (Wildman–Crippen LogP) is 3.16. The second kappa shape index (κ2) is 3.13. The van der Waals surface area contributed by atoms with Gasteiger partial charge < -0.3 is 5.73 Å². The molecule has 1 aliphatic rings. The van der Waals surface area contributed by atoms with Gasteiger partial charge in [0, 0.05) is 15.0 Å². The van der Waals surface area contributed by atoms with Crippen molar-refractivity contribution in [1.82, 2.24) is 0 Å².